The lowest BCUT2D eigenvalue weighted by Crippen LogP contribution is -2.47. The van der Waals surface area contributed by atoms with Crippen molar-refractivity contribution in [3.05, 3.63) is 54.1 Å². The van der Waals surface area contributed by atoms with Crippen LogP contribution in [0.2, 0.25) is 0 Å². The van der Waals surface area contributed by atoms with Crippen LogP contribution in [-0.4, -0.2) is 57.9 Å². The van der Waals surface area contributed by atoms with Crippen molar-refractivity contribution >= 4 is 22.8 Å². The Morgan fingerprint density at radius 1 is 1.10 bits per heavy atom. The first kappa shape index (κ1) is 19.9. The molecule has 8 heteroatoms. The van der Waals surface area contributed by atoms with Crippen LogP contribution in [0.3, 0.4) is 0 Å². The van der Waals surface area contributed by atoms with Gasteiger partial charge in [0.05, 0.1) is 19.0 Å². The number of carbonyl (C=O) groups is 2. The average Bonchev–Trinajstić information content (AvgIpc) is 3.17. The maximum atomic E-state index is 12.7. The summed E-state index contributed by atoms with van der Waals surface area (Å²) in [5.74, 6) is 0.719. The van der Waals surface area contributed by atoms with Crippen LogP contribution in [0.15, 0.2) is 48.5 Å². The van der Waals surface area contributed by atoms with E-state index in [4.69, 9.17) is 4.74 Å². The minimum atomic E-state index is -0.0931. The van der Waals surface area contributed by atoms with Crippen LogP contribution in [0, 0.1) is 0 Å². The molecule has 0 unspecified atom stereocenters. The van der Waals surface area contributed by atoms with Gasteiger partial charge in [-0.25, -0.2) is 4.68 Å². The fourth-order valence-corrected chi connectivity index (χ4v) is 3.84. The van der Waals surface area contributed by atoms with E-state index < -0.39 is 0 Å². The number of fused-ring (bicyclic) bond motifs is 1. The first-order chi connectivity index (χ1) is 14.6. The van der Waals surface area contributed by atoms with Crippen LogP contribution in [0.1, 0.15) is 18.4 Å². The summed E-state index contributed by atoms with van der Waals surface area (Å²) in [6, 6.07) is 15.2. The summed E-state index contributed by atoms with van der Waals surface area (Å²) in [7, 11) is 1.61. The number of amides is 2. The van der Waals surface area contributed by atoms with Crippen molar-refractivity contribution in [1.82, 2.24) is 25.2 Å². The second kappa shape index (κ2) is 8.94. The Morgan fingerprint density at radius 3 is 2.63 bits per heavy atom. The zero-order valence-electron chi connectivity index (χ0n) is 17.0. The van der Waals surface area contributed by atoms with Crippen molar-refractivity contribution in [1.29, 1.82) is 0 Å². The fourth-order valence-electron chi connectivity index (χ4n) is 3.84. The van der Waals surface area contributed by atoms with Gasteiger partial charge in [-0.3, -0.25) is 9.59 Å². The SMILES string of the molecule is COc1ccccc1CC(=O)N1CCC(NC(=O)Cn2nnc3ccccc32)CC1. The molecule has 2 heterocycles. The average molecular weight is 407 g/mol. The van der Waals surface area contributed by atoms with Gasteiger partial charge in [-0.05, 0) is 31.0 Å². The van der Waals surface area contributed by atoms with Crippen LogP contribution in [0.25, 0.3) is 11.0 Å². The summed E-state index contributed by atoms with van der Waals surface area (Å²) in [5.41, 5.74) is 2.50. The molecule has 1 saturated heterocycles. The topological polar surface area (TPSA) is 89.4 Å². The van der Waals surface area contributed by atoms with Crippen molar-refractivity contribution in [2.45, 2.75) is 31.8 Å². The number of nitrogens with zero attached hydrogens (tertiary/aromatic N) is 4. The highest BCUT2D eigenvalue weighted by Crippen LogP contribution is 2.20. The molecule has 4 rings (SSSR count). The molecular weight excluding hydrogens is 382 g/mol. The highest BCUT2D eigenvalue weighted by molar-refractivity contribution is 5.81. The third kappa shape index (κ3) is 4.42. The van der Waals surface area contributed by atoms with Gasteiger partial charge in [0.2, 0.25) is 11.8 Å². The molecule has 156 valence electrons. The standard InChI is InChI=1S/C22H25N5O3/c1-30-20-9-5-2-6-16(20)14-22(29)26-12-10-17(11-13-26)23-21(28)15-27-19-8-4-3-7-18(19)24-25-27/h2-9,17H,10-15H2,1H3,(H,23,28). The molecule has 1 aliphatic heterocycles. The Labute approximate surface area is 174 Å². The minimum Gasteiger partial charge on any atom is -0.496 e. The normalized spacial score (nSPS) is 14.6. The van der Waals surface area contributed by atoms with Gasteiger partial charge in [0.1, 0.15) is 17.8 Å². The number of nitrogens with one attached hydrogen (secondary N) is 1. The number of hydrogen-bond acceptors (Lipinski definition) is 5. The second-order valence-corrected chi connectivity index (χ2v) is 7.45. The van der Waals surface area contributed by atoms with Crippen molar-refractivity contribution in [2.75, 3.05) is 20.2 Å². The van der Waals surface area contributed by atoms with Gasteiger partial charge >= 0.3 is 0 Å². The Kier molecular flexibility index (Phi) is 5.92. The summed E-state index contributed by atoms with van der Waals surface area (Å²) in [6.07, 6.45) is 1.80. The number of likely N-dealkylation sites (tertiary alicyclic amines) is 1. The molecule has 0 aliphatic carbocycles. The van der Waals surface area contributed by atoms with E-state index in [2.05, 4.69) is 15.6 Å². The zero-order valence-corrected chi connectivity index (χ0v) is 17.0. The van der Waals surface area contributed by atoms with E-state index in [0.29, 0.717) is 19.5 Å². The molecule has 30 heavy (non-hydrogen) atoms. The lowest BCUT2D eigenvalue weighted by Gasteiger charge is -2.32. The predicted octanol–water partition coefficient (Wildman–Crippen LogP) is 1.79. The maximum absolute atomic E-state index is 12.7. The highest BCUT2D eigenvalue weighted by atomic mass is 16.5. The van der Waals surface area contributed by atoms with Crippen molar-refractivity contribution < 1.29 is 14.3 Å². The van der Waals surface area contributed by atoms with Crippen molar-refractivity contribution in [3.63, 3.8) is 0 Å². The molecule has 1 aliphatic rings. The van der Waals surface area contributed by atoms with Gasteiger partial charge in [0.25, 0.3) is 0 Å². The van der Waals surface area contributed by atoms with Crippen LogP contribution in [-0.2, 0) is 22.6 Å². The summed E-state index contributed by atoms with van der Waals surface area (Å²) in [6.45, 7) is 1.39. The smallest absolute Gasteiger partial charge is 0.242 e. The number of para-hydroxylation sites is 2. The number of benzene rings is 2. The monoisotopic (exact) mass is 407 g/mol. The number of rotatable bonds is 6. The summed E-state index contributed by atoms with van der Waals surface area (Å²) >= 11 is 0. The van der Waals surface area contributed by atoms with Crippen LogP contribution in [0.5, 0.6) is 5.75 Å². The van der Waals surface area contributed by atoms with Gasteiger partial charge < -0.3 is 15.0 Å². The van der Waals surface area contributed by atoms with Gasteiger partial charge in [-0.2, -0.15) is 0 Å². The Hall–Kier alpha value is -3.42. The molecule has 0 radical (unpaired) electrons. The van der Waals surface area contributed by atoms with Gasteiger partial charge in [0.15, 0.2) is 0 Å². The van der Waals surface area contributed by atoms with Crippen molar-refractivity contribution in [3.8, 4) is 5.75 Å². The second-order valence-electron chi connectivity index (χ2n) is 7.45. The largest absolute Gasteiger partial charge is 0.496 e. The van der Waals surface area contributed by atoms with Gasteiger partial charge in [-0.1, -0.05) is 35.5 Å². The van der Waals surface area contributed by atoms with E-state index in [1.165, 1.54) is 0 Å². The first-order valence-electron chi connectivity index (χ1n) is 10.1. The molecule has 0 saturated carbocycles. The number of ether oxygens (including phenoxy) is 1. The number of methoxy groups -OCH3 is 1. The predicted molar refractivity (Wildman–Crippen MR) is 112 cm³/mol. The third-order valence-electron chi connectivity index (χ3n) is 5.46. The molecule has 1 fully saturated rings. The van der Waals surface area contributed by atoms with E-state index in [9.17, 15) is 9.59 Å². The Morgan fingerprint density at radius 2 is 1.83 bits per heavy atom. The van der Waals surface area contributed by atoms with E-state index in [1.807, 2.05) is 53.4 Å². The molecule has 8 nitrogen and oxygen atoms in total. The lowest BCUT2D eigenvalue weighted by molar-refractivity contribution is -0.131. The van der Waals surface area contributed by atoms with Crippen LogP contribution < -0.4 is 10.1 Å². The number of carbonyl (C=O) groups excluding carboxylic acids is 2. The first-order valence-corrected chi connectivity index (χ1v) is 10.1. The van der Waals surface area contributed by atoms with E-state index in [0.717, 1.165) is 35.2 Å². The fraction of sp³-hybridized carbons (Fsp3) is 0.364. The highest BCUT2D eigenvalue weighted by Gasteiger charge is 2.24. The molecular formula is C22H25N5O3. The van der Waals surface area contributed by atoms with Crippen LogP contribution in [0.4, 0.5) is 0 Å². The Balaban J connectivity index is 1.27. The molecule has 2 amide bonds. The summed E-state index contributed by atoms with van der Waals surface area (Å²) in [5, 5.41) is 11.2. The lowest BCUT2D eigenvalue weighted by atomic mass is 10.0. The third-order valence-corrected chi connectivity index (χ3v) is 5.46. The molecule has 1 N–H and O–H groups in total. The van der Waals surface area contributed by atoms with E-state index in [1.54, 1.807) is 11.8 Å². The molecule has 0 spiro atoms. The van der Waals surface area contributed by atoms with Gasteiger partial charge in [0, 0.05) is 24.7 Å². The molecule has 1 aromatic heterocycles. The number of hydrogen-bond donors (Lipinski definition) is 1. The quantitative estimate of drug-likeness (QED) is 0.673. The number of piperidine rings is 1. The molecule has 3 aromatic rings. The molecule has 0 atom stereocenters. The number of aromatic nitrogens is 3. The molecule has 0 bridgehead atoms. The van der Waals surface area contributed by atoms with Crippen molar-refractivity contribution in [2.24, 2.45) is 0 Å². The summed E-state index contributed by atoms with van der Waals surface area (Å²) in [4.78, 5) is 27.0. The molecule has 2 aromatic carbocycles. The van der Waals surface area contributed by atoms with Crippen LogP contribution >= 0.6 is 0 Å². The maximum Gasteiger partial charge on any atom is 0.242 e. The van der Waals surface area contributed by atoms with Gasteiger partial charge in [-0.15, -0.1) is 5.10 Å². The van der Waals surface area contributed by atoms with E-state index in [-0.39, 0.29) is 24.4 Å². The zero-order chi connectivity index (χ0) is 20.9. The Bertz CT molecular complexity index is 1040. The minimum absolute atomic E-state index is 0.0580. The van der Waals surface area contributed by atoms with E-state index >= 15 is 0 Å². The summed E-state index contributed by atoms with van der Waals surface area (Å²) < 4.78 is 6.94.